The number of hydrogen-bond donors (Lipinski definition) is 3. The van der Waals surface area contributed by atoms with Crippen LogP contribution in [-0.2, 0) is 4.79 Å². The molecule has 2 rings (SSSR count). The van der Waals surface area contributed by atoms with E-state index < -0.39 is 0 Å². The topological polar surface area (TPSA) is 93.5 Å². The summed E-state index contributed by atoms with van der Waals surface area (Å²) in [7, 11) is 1.59. The number of hydrogen-bond acceptors (Lipinski definition) is 4. The van der Waals surface area contributed by atoms with Crippen LogP contribution in [0, 0.1) is 5.92 Å². The Kier molecular flexibility index (Phi) is 6.14. The Morgan fingerprint density at radius 2 is 1.44 bits per heavy atom. The van der Waals surface area contributed by atoms with E-state index in [2.05, 4.69) is 10.6 Å². The molecule has 0 aliphatic carbocycles. The summed E-state index contributed by atoms with van der Waals surface area (Å²) in [5, 5.41) is 5.59. The molecule has 0 aromatic heterocycles. The fourth-order valence-electron chi connectivity index (χ4n) is 2.08. The summed E-state index contributed by atoms with van der Waals surface area (Å²) in [6, 6.07) is 13.5. The van der Waals surface area contributed by atoms with Crippen molar-refractivity contribution in [3.8, 4) is 5.75 Å². The van der Waals surface area contributed by atoms with Crippen molar-refractivity contribution in [2.75, 3.05) is 17.7 Å². The molecule has 0 aliphatic rings. The number of nitrogens with one attached hydrogen (secondary N) is 2. The van der Waals surface area contributed by atoms with E-state index in [-0.39, 0.29) is 23.8 Å². The lowest BCUT2D eigenvalue weighted by atomic mass is 10.0. The summed E-state index contributed by atoms with van der Waals surface area (Å²) in [6.45, 7) is 3.56. The Hall–Kier alpha value is -2.86. The number of ether oxygens (including phenoxy) is 1. The van der Waals surface area contributed by atoms with E-state index in [0.29, 0.717) is 16.9 Å². The molecule has 0 heterocycles. The highest BCUT2D eigenvalue weighted by Gasteiger charge is 2.17. The van der Waals surface area contributed by atoms with Crippen LogP contribution in [0.4, 0.5) is 11.4 Å². The van der Waals surface area contributed by atoms with Gasteiger partial charge >= 0.3 is 0 Å². The zero-order valence-electron chi connectivity index (χ0n) is 14.6. The van der Waals surface area contributed by atoms with Gasteiger partial charge in [0.2, 0.25) is 5.91 Å². The van der Waals surface area contributed by atoms with Crippen molar-refractivity contribution in [1.29, 1.82) is 0 Å². The molecule has 6 heteroatoms. The second kappa shape index (κ2) is 8.30. The first-order chi connectivity index (χ1) is 11.9. The van der Waals surface area contributed by atoms with Crippen molar-refractivity contribution >= 4 is 23.2 Å². The number of rotatable bonds is 6. The maximum absolute atomic E-state index is 12.3. The van der Waals surface area contributed by atoms with Crippen molar-refractivity contribution in [2.45, 2.75) is 19.9 Å². The first kappa shape index (κ1) is 18.5. The standard InChI is InChI=1S/C19H23N3O3/c1-12(13(2)20)18(23)21-15-6-4-14(5-7-15)19(24)22-16-8-10-17(25-3)11-9-16/h4-13H,20H2,1-3H3,(H,21,23)(H,22,24). The second-order valence-electron chi connectivity index (χ2n) is 5.90. The van der Waals surface area contributed by atoms with Crippen molar-refractivity contribution in [2.24, 2.45) is 11.7 Å². The lowest BCUT2D eigenvalue weighted by Gasteiger charge is -2.15. The zero-order valence-corrected chi connectivity index (χ0v) is 14.6. The number of methoxy groups -OCH3 is 1. The average Bonchev–Trinajstić information content (AvgIpc) is 2.62. The maximum Gasteiger partial charge on any atom is 0.255 e. The molecule has 132 valence electrons. The molecular formula is C19H23N3O3. The predicted molar refractivity (Wildman–Crippen MR) is 98.8 cm³/mol. The van der Waals surface area contributed by atoms with Gasteiger partial charge in [-0.3, -0.25) is 9.59 Å². The van der Waals surface area contributed by atoms with E-state index in [0.717, 1.165) is 5.75 Å². The van der Waals surface area contributed by atoms with Gasteiger partial charge in [0, 0.05) is 23.0 Å². The molecule has 0 saturated carbocycles. The van der Waals surface area contributed by atoms with Crippen LogP contribution >= 0.6 is 0 Å². The molecule has 4 N–H and O–H groups in total. The van der Waals surface area contributed by atoms with E-state index >= 15 is 0 Å². The summed E-state index contributed by atoms with van der Waals surface area (Å²) in [5.74, 6) is 0.0505. The van der Waals surface area contributed by atoms with Gasteiger partial charge in [0.15, 0.2) is 0 Å². The highest BCUT2D eigenvalue weighted by atomic mass is 16.5. The van der Waals surface area contributed by atoms with Gasteiger partial charge < -0.3 is 21.1 Å². The Morgan fingerprint density at radius 1 is 0.920 bits per heavy atom. The molecule has 6 nitrogen and oxygen atoms in total. The quantitative estimate of drug-likeness (QED) is 0.753. The smallest absolute Gasteiger partial charge is 0.255 e. The van der Waals surface area contributed by atoms with E-state index in [1.54, 1.807) is 69.5 Å². The number of benzene rings is 2. The van der Waals surface area contributed by atoms with Crippen LogP contribution in [0.1, 0.15) is 24.2 Å². The number of amides is 2. The number of carbonyl (C=O) groups excluding carboxylic acids is 2. The Balaban J connectivity index is 1.98. The molecule has 2 aromatic rings. The molecule has 2 unspecified atom stereocenters. The van der Waals surface area contributed by atoms with E-state index in [9.17, 15) is 9.59 Å². The molecule has 2 amide bonds. The molecule has 0 saturated heterocycles. The molecule has 0 fully saturated rings. The summed E-state index contributed by atoms with van der Waals surface area (Å²) < 4.78 is 5.08. The van der Waals surface area contributed by atoms with Gasteiger partial charge in [-0.2, -0.15) is 0 Å². The summed E-state index contributed by atoms with van der Waals surface area (Å²) in [4.78, 5) is 24.2. The molecule has 25 heavy (non-hydrogen) atoms. The van der Waals surface area contributed by atoms with E-state index in [1.165, 1.54) is 0 Å². The van der Waals surface area contributed by atoms with Crippen molar-refractivity contribution in [3.05, 3.63) is 54.1 Å². The normalized spacial score (nSPS) is 12.8. The lowest BCUT2D eigenvalue weighted by molar-refractivity contribution is -0.119. The van der Waals surface area contributed by atoms with Crippen LogP contribution in [0.25, 0.3) is 0 Å². The molecular weight excluding hydrogens is 318 g/mol. The van der Waals surface area contributed by atoms with Gasteiger partial charge in [0.05, 0.1) is 13.0 Å². The van der Waals surface area contributed by atoms with Gasteiger partial charge in [-0.05, 0) is 55.5 Å². The minimum Gasteiger partial charge on any atom is -0.497 e. The van der Waals surface area contributed by atoms with Gasteiger partial charge in [0.1, 0.15) is 5.75 Å². The second-order valence-corrected chi connectivity index (χ2v) is 5.90. The first-order valence-corrected chi connectivity index (χ1v) is 8.02. The summed E-state index contributed by atoms with van der Waals surface area (Å²) >= 11 is 0. The maximum atomic E-state index is 12.3. The number of anilines is 2. The molecule has 0 spiro atoms. The van der Waals surface area contributed by atoms with Crippen LogP contribution < -0.4 is 21.1 Å². The molecule has 2 atom stereocenters. The van der Waals surface area contributed by atoms with Gasteiger partial charge in [-0.25, -0.2) is 0 Å². The largest absolute Gasteiger partial charge is 0.497 e. The van der Waals surface area contributed by atoms with Gasteiger partial charge in [0.25, 0.3) is 5.91 Å². The van der Waals surface area contributed by atoms with E-state index in [1.807, 2.05) is 0 Å². The Bertz CT molecular complexity index is 725. The SMILES string of the molecule is COc1ccc(NC(=O)c2ccc(NC(=O)C(C)C(C)N)cc2)cc1. The monoisotopic (exact) mass is 341 g/mol. The van der Waals surface area contributed by atoms with Crippen LogP contribution in [0.15, 0.2) is 48.5 Å². The summed E-state index contributed by atoms with van der Waals surface area (Å²) in [6.07, 6.45) is 0. The van der Waals surface area contributed by atoms with Crippen molar-refractivity contribution in [1.82, 2.24) is 0 Å². The molecule has 0 bridgehead atoms. The van der Waals surface area contributed by atoms with Crippen LogP contribution in [0.3, 0.4) is 0 Å². The van der Waals surface area contributed by atoms with Crippen LogP contribution in [0.5, 0.6) is 5.75 Å². The number of nitrogens with two attached hydrogens (primary N) is 1. The average molecular weight is 341 g/mol. The van der Waals surface area contributed by atoms with Crippen LogP contribution in [0.2, 0.25) is 0 Å². The predicted octanol–water partition coefficient (Wildman–Crippen LogP) is 2.87. The fraction of sp³-hybridized carbons (Fsp3) is 0.263. The summed E-state index contributed by atoms with van der Waals surface area (Å²) in [5.41, 5.74) is 7.52. The Labute approximate surface area is 147 Å². The van der Waals surface area contributed by atoms with Gasteiger partial charge in [-0.1, -0.05) is 6.92 Å². The lowest BCUT2D eigenvalue weighted by Crippen LogP contribution is -2.34. The molecule has 0 aliphatic heterocycles. The fourth-order valence-corrected chi connectivity index (χ4v) is 2.08. The zero-order chi connectivity index (χ0) is 18.4. The third-order valence-corrected chi connectivity index (χ3v) is 3.96. The highest BCUT2D eigenvalue weighted by Crippen LogP contribution is 2.17. The minimum absolute atomic E-state index is 0.148. The minimum atomic E-state index is -0.293. The van der Waals surface area contributed by atoms with Crippen molar-refractivity contribution in [3.63, 3.8) is 0 Å². The first-order valence-electron chi connectivity index (χ1n) is 8.02. The van der Waals surface area contributed by atoms with Crippen LogP contribution in [-0.4, -0.2) is 25.0 Å². The number of carbonyl (C=O) groups is 2. The molecule has 0 radical (unpaired) electrons. The Morgan fingerprint density at radius 3 is 1.96 bits per heavy atom. The van der Waals surface area contributed by atoms with Crippen molar-refractivity contribution < 1.29 is 14.3 Å². The third kappa shape index (κ3) is 5.06. The van der Waals surface area contributed by atoms with Gasteiger partial charge in [-0.15, -0.1) is 0 Å². The molecule has 2 aromatic carbocycles. The highest BCUT2D eigenvalue weighted by molar-refractivity contribution is 6.04. The third-order valence-electron chi connectivity index (χ3n) is 3.96. The van der Waals surface area contributed by atoms with E-state index in [4.69, 9.17) is 10.5 Å².